The Morgan fingerprint density at radius 3 is 2.90 bits per heavy atom. The smallest absolute Gasteiger partial charge is 0.236 e. The number of thiazole rings is 1. The van der Waals surface area contributed by atoms with Gasteiger partial charge in [-0.2, -0.15) is 0 Å². The highest BCUT2D eigenvalue weighted by Crippen LogP contribution is 2.30. The van der Waals surface area contributed by atoms with Crippen molar-refractivity contribution in [2.75, 3.05) is 11.1 Å². The van der Waals surface area contributed by atoms with Crippen molar-refractivity contribution in [3.63, 3.8) is 0 Å². The summed E-state index contributed by atoms with van der Waals surface area (Å²) in [6.07, 6.45) is 1.57. The minimum atomic E-state index is -0.187. The lowest BCUT2D eigenvalue weighted by atomic mass is 10.2. The second-order valence-electron chi connectivity index (χ2n) is 5.85. The van der Waals surface area contributed by atoms with E-state index in [1.54, 1.807) is 35.1 Å². The lowest BCUT2D eigenvalue weighted by Gasteiger charge is -2.03. The van der Waals surface area contributed by atoms with Crippen LogP contribution in [-0.4, -0.2) is 31.4 Å². The van der Waals surface area contributed by atoms with Crippen molar-refractivity contribution >= 4 is 57.3 Å². The van der Waals surface area contributed by atoms with Crippen LogP contribution in [0.2, 0.25) is 10.0 Å². The van der Waals surface area contributed by atoms with E-state index in [1.165, 1.54) is 23.1 Å². The van der Waals surface area contributed by atoms with Crippen molar-refractivity contribution < 1.29 is 9.21 Å². The van der Waals surface area contributed by atoms with E-state index in [2.05, 4.69) is 20.5 Å². The van der Waals surface area contributed by atoms with Crippen LogP contribution in [0.25, 0.3) is 22.8 Å². The van der Waals surface area contributed by atoms with E-state index in [0.717, 1.165) is 5.56 Å². The Hall–Kier alpha value is -2.33. The zero-order valence-electron chi connectivity index (χ0n) is 14.9. The zero-order chi connectivity index (χ0) is 20.4. The molecule has 0 atom stereocenters. The maximum Gasteiger partial charge on any atom is 0.236 e. The Bertz CT molecular complexity index is 1160. The molecule has 148 valence electrons. The first-order chi connectivity index (χ1) is 14.0. The summed E-state index contributed by atoms with van der Waals surface area (Å²) >= 11 is 14.6. The molecule has 0 aliphatic rings. The third kappa shape index (κ3) is 4.48. The molecule has 0 bridgehead atoms. The van der Waals surface area contributed by atoms with Crippen LogP contribution < -0.4 is 5.32 Å². The van der Waals surface area contributed by atoms with E-state index < -0.39 is 0 Å². The van der Waals surface area contributed by atoms with Gasteiger partial charge in [-0.25, -0.2) is 4.98 Å². The largest absolute Gasteiger partial charge is 0.461 e. The summed E-state index contributed by atoms with van der Waals surface area (Å²) in [6, 6.07) is 8.87. The van der Waals surface area contributed by atoms with E-state index >= 15 is 0 Å². The molecule has 1 aromatic carbocycles. The van der Waals surface area contributed by atoms with Gasteiger partial charge in [-0.15, -0.1) is 21.5 Å². The van der Waals surface area contributed by atoms with E-state index in [-0.39, 0.29) is 11.7 Å². The predicted octanol–water partition coefficient (Wildman–Crippen LogP) is 5.24. The average molecular weight is 466 g/mol. The molecule has 3 aromatic heterocycles. The van der Waals surface area contributed by atoms with Gasteiger partial charge in [-0.05, 0) is 24.3 Å². The lowest BCUT2D eigenvalue weighted by molar-refractivity contribution is -0.113. The van der Waals surface area contributed by atoms with Crippen LogP contribution in [0.1, 0.15) is 0 Å². The molecule has 29 heavy (non-hydrogen) atoms. The summed E-state index contributed by atoms with van der Waals surface area (Å²) < 4.78 is 7.12. The predicted molar refractivity (Wildman–Crippen MR) is 116 cm³/mol. The third-order valence-corrected chi connectivity index (χ3v) is 6.39. The summed E-state index contributed by atoms with van der Waals surface area (Å²) in [4.78, 5) is 16.7. The first-order valence-electron chi connectivity index (χ1n) is 8.28. The molecule has 0 radical (unpaired) electrons. The number of anilines is 1. The molecule has 0 unspecified atom stereocenters. The Labute approximate surface area is 184 Å². The van der Waals surface area contributed by atoms with Crippen molar-refractivity contribution in [2.24, 2.45) is 7.05 Å². The van der Waals surface area contributed by atoms with Crippen LogP contribution in [0.5, 0.6) is 0 Å². The number of amides is 1. The van der Waals surface area contributed by atoms with Crippen LogP contribution >= 0.6 is 46.3 Å². The van der Waals surface area contributed by atoms with E-state index in [9.17, 15) is 4.79 Å². The number of carbonyl (C=O) groups is 1. The molecule has 0 spiro atoms. The molecule has 0 aliphatic heterocycles. The summed E-state index contributed by atoms with van der Waals surface area (Å²) in [5.74, 6) is 1.21. The SMILES string of the molecule is Cn1c(SCC(=O)Nc2nc(-c3ccc(Cl)c(Cl)c3)cs2)nnc1-c1ccco1. The van der Waals surface area contributed by atoms with Crippen molar-refractivity contribution in [3.8, 4) is 22.8 Å². The van der Waals surface area contributed by atoms with Crippen molar-refractivity contribution in [1.29, 1.82) is 0 Å². The second kappa shape index (κ2) is 8.58. The van der Waals surface area contributed by atoms with Crippen LogP contribution in [-0.2, 0) is 11.8 Å². The molecular weight excluding hydrogens is 453 g/mol. The molecule has 1 amide bonds. The molecule has 0 aliphatic carbocycles. The van der Waals surface area contributed by atoms with Gasteiger partial charge >= 0.3 is 0 Å². The molecule has 0 saturated carbocycles. The van der Waals surface area contributed by atoms with Gasteiger partial charge in [0.2, 0.25) is 5.91 Å². The Kier molecular flexibility index (Phi) is 5.91. The molecule has 3 heterocycles. The number of nitrogens with zero attached hydrogens (tertiary/aromatic N) is 4. The zero-order valence-corrected chi connectivity index (χ0v) is 18.1. The number of aromatic nitrogens is 4. The molecular formula is C18H13Cl2N5O2S2. The number of halogens is 2. The maximum absolute atomic E-state index is 12.3. The number of benzene rings is 1. The van der Waals surface area contributed by atoms with Gasteiger partial charge in [0.1, 0.15) is 0 Å². The van der Waals surface area contributed by atoms with Crippen LogP contribution in [0, 0.1) is 0 Å². The third-order valence-electron chi connectivity index (χ3n) is 3.87. The monoisotopic (exact) mass is 465 g/mol. The quantitative estimate of drug-likeness (QED) is 0.392. The molecule has 4 rings (SSSR count). The van der Waals surface area contributed by atoms with E-state index in [0.29, 0.717) is 37.6 Å². The van der Waals surface area contributed by atoms with Gasteiger partial charge in [0, 0.05) is 18.0 Å². The normalized spacial score (nSPS) is 11.0. The number of rotatable bonds is 6. The van der Waals surface area contributed by atoms with Gasteiger partial charge in [0.25, 0.3) is 0 Å². The number of carbonyl (C=O) groups excluding carboxylic acids is 1. The number of furan rings is 1. The molecule has 1 N–H and O–H groups in total. The molecule has 11 heteroatoms. The summed E-state index contributed by atoms with van der Waals surface area (Å²) in [7, 11) is 1.82. The minimum absolute atomic E-state index is 0.172. The van der Waals surface area contributed by atoms with Crippen molar-refractivity contribution in [2.45, 2.75) is 5.16 Å². The Balaban J connectivity index is 1.37. The first kappa shape index (κ1) is 20.0. The Morgan fingerprint density at radius 2 is 2.14 bits per heavy atom. The van der Waals surface area contributed by atoms with Gasteiger partial charge in [-0.3, -0.25) is 4.79 Å². The standard InChI is InChI=1S/C18H13Cl2N5O2S2/c1-25-16(14-3-2-6-27-14)23-24-18(25)29-9-15(26)22-17-21-13(8-28-17)10-4-5-11(19)12(20)7-10/h2-8H,9H2,1H3,(H,21,22,26). The molecule has 7 nitrogen and oxygen atoms in total. The first-order valence-corrected chi connectivity index (χ1v) is 10.9. The maximum atomic E-state index is 12.3. The fourth-order valence-corrected chi connectivity index (χ4v) is 4.21. The van der Waals surface area contributed by atoms with Crippen LogP contribution in [0.4, 0.5) is 5.13 Å². The number of thioether (sulfide) groups is 1. The van der Waals surface area contributed by atoms with Crippen molar-refractivity contribution in [3.05, 3.63) is 52.0 Å². The topological polar surface area (TPSA) is 85.8 Å². The Morgan fingerprint density at radius 1 is 1.28 bits per heavy atom. The molecule has 4 aromatic rings. The fraction of sp³-hybridized carbons (Fsp3) is 0.111. The van der Waals surface area contributed by atoms with Crippen LogP contribution in [0.3, 0.4) is 0 Å². The highest BCUT2D eigenvalue weighted by atomic mass is 35.5. The fourth-order valence-electron chi connectivity index (χ4n) is 2.47. The summed E-state index contributed by atoms with van der Waals surface area (Å²) in [6.45, 7) is 0. The van der Waals surface area contributed by atoms with Gasteiger partial charge in [-0.1, -0.05) is 41.0 Å². The number of hydrogen-bond donors (Lipinski definition) is 1. The molecule has 0 fully saturated rings. The second-order valence-corrected chi connectivity index (χ2v) is 8.46. The summed E-state index contributed by atoms with van der Waals surface area (Å²) in [5.41, 5.74) is 1.54. The number of nitrogens with one attached hydrogen (secondary N) is 1. The minimum Gasteiger partial charge on any atom is -0.461 e. The summed E-state index contributed by atoms with van der Waals surface area (Å²) in [5, 5.41) is 14.9. The van der Waals surface area contributed by atoms with E-state index in [4.69, 9.17) is 27.6 Å². The average Bonchev–Trinajstić information content (AvgIpc) is 3.44. The highest BCUT2D eigenvalue weighted by molar-refractivity contribution is 7.99. The van der Waals surface area contributed by atoms with E-state index in [1.807, 2.05) is 18.5 Å². The van der Waals surface area contributed by atoms with Crippen molar-refractivity contribution in [1.82, 2.24) is 19.7 Å². The number of hydrogen-bond acceptors (Lipinski definition) is 7. The highest BCUT2D eigenvalue weighted by Gasteiger charge is 2.15. The lowest BCUT2D eigenvalue weighted by Crippen LogP contribution is -2.14. The van der Waals surface area contributed by atoms with Gasteiger partial charge in [0.15, 0.2) is 21.9 Å². The van der Waals surface area contributed by atoms with Gasteiger partial charge in [0.05, 0.1) is 27.8 Å². The molecule has 0 saturated heterocycles. The van der Waals surface area contributed by atoms with Gasteiger partial charge < -0.3 is 14.3 Å². The van der Waals surface area contributed by atoms with Crippen LogP contribution in [0.15, 0.2) is 51.5 Å².